The highest BCUT2D eigenvalue weighted by atomic mass is 16.5. The van der Waals surface area contributed by atoms with Gasteiger partial charge in [-0.2, -0.15) is 0 Å². The molecule has 100 valence electrons. The van der Waals surface area contributed by atoms with E-state index in [1.165, 1.54) is 12.2 Å². The Labute approximate surface area is 107 Å². The highest BCUT2D eigenvalue weighted by Gasteiger charge is 2.36. The first-order valence-corrected chi connectivity index (χ1v) is 6.23. The zero-order valence-corrected chi connectivity index (χ0v) is 11.0. The minimum absolute atomic E-state index is 0.262. The Kier molecular flexibility index (Phi) is 5.07. The van der Waals surface area contributed by atoms with Crippen LogP contribution < -0.4 is 0 Å². The largest absolute Gasteiger partial charge is 0.461 e. The molecule has 0 aromatic heterocycles. The van der Waals surface area contributed by atoms with Gasteiger partial charge in [0.1, 0.15) is 6.04 Å². The first-order chi connectivity index (χ1) is 8.47. The molecule has 0 radical (unpaired) electrons. The van der Waals surface area contributed by atoms with Gasteiger partial charge < -0.3 is 4.74 Å². The van der Waals surface area contributed by atoms with E-state index in [4.69, 9.17) is 4.74 Å². The second kappa shape index (κ2) is 6.33. The molecule has 0 N–H and O–H groups in total. The van der Waals surface area contributed by atoms with Gasteiger partial charge in [0, 0.05) is 12.2 Å². The van der Waals surface area contributed by atoms with Crippen molar-refractivity contribution < 1.29 is 19.1 Å². The van der Waals surface area contributed by atoms with E-state index in [-0.39, 0.29) is 6.10 Å². The Hall–Kier alpha value is -1.65. The van der Waals surface area contributed by atoms with Crippen molar-refractivity contribution in [2.24, 2.45) is 0 Å². The Morgan fingerprint density at radius 1 is 1.28 bits per heavy atom. The molecule has 0 saturated heterocycles. The third-order valence-corrected chi connectivity index (χ3v) is 2.61. The molecule has 1 unspecified atom stereocenters. The molecular weight excluding hydrogens is 234 g/mol. The number of carbonyl (C=O) groups excluding carboxylic acids is 3. The molecule has 5 heteroatoms. The van der Waals surface area contributed by atoms with E-state index in [0.29, 0.717) is 6.42 Å². The molecule has 1 atom stereocenters. The minimum Gasteiger partial charge on any atom is -0.461 e. The van der Waals surface area contributed by atoms with Crippen LogP contribution in [-0.2, 0) is 19.1 Å². The number of esters is 1. The summed E-state index contributed by atoms with van der Waals surface area (Å²) in [5.41, 5.74) is 0. The maximum atomic E-state index is 11.9. The third kappa shape index (κ3) is 3.42. The van der Waals surface area contributed by atoms with E-state index in [1.807, 2.05) is 6.92 Å². The average Bonchev–Trinajstić information content (AvgIpc) is 2.60. The van der Waals surface area contributed by atoms with Crippen LogP contribution >= 0.6 is 0 Å². The fourth-order valence-electron chi connectivity index (χ4n) is 1.78. The number of carbonyl (C=O) groups is 3. The normalized spacial score (nSPS) is 16.6. The zero-order valence-electron chi connectivity index (χ0n) is 11.0. The first-order valence-electron chi connectivity index (χ1n) is 6.23. The second-order valence-electron chi connectivity index (χ2n) is 4.52. The quantitative estimate of drug-likeness (QED) is 0.530. The van der Waals surface area contributed by atoms with Gasteiger partial charge in [-0.3, -0.25) is 14.5 Å². The summed E-state index contributed by atoms with van der Waals surface area (Å²) in [5.74, 6) is -1.40. The zero-order chi connectivity index (χ0) is 13.7. The van der Waals surface area contributed by atoms with Crippen LogP contribution in [0.3, 0.4) is 0 Å². The highest BCUT2D eigenvalue weighted by Crippen LogP contribution is 2.16. The van der Waals surface area contributed by atoms with Crippen LogP contribution in [0.1, 0.15) is 40.0 Å². The number of ether oxygens (including phenoxy) is 1. The lowest BCUT2D eigenvalue weighted by Crippen LogP contribution is -2.46. The van der Waals surface area contributed by atoms with Crippen molar-refractivity contribution in [1.29, 1.82) is 0 Å². The van der Waals surface area contributed by atoms with Gasteiger partial charge in [-0.15, -0.1) is 0 Å². The van der Waals surface area contributed by atoms with Crippen molar-refractivity contribution in [1.82, 2.24) is 4.90 Å². The van der Waals surface area contributed by atoms with Crippen LogP contribution in [0.25, 0.3) is 0 Å². The molecule has 18 heavy (non-hydrogen) atoms. The van der Waals surface area contributed by atoms with Crippen molar-refractivity contribution in [2.45, 2.75) is 52.2 Å². The standard InChI is InChI=1S/C13H19NO4/c1-4-5-6-10(13(17)18-9(2)3)14-11(15)7-8-12(14)16/h7-10H,4-6H2,1-3H3. The highest BCUT2D eigenvalue weighted by molar-refractivity contribution is 6.14. The average molecular weight is 253 g/mol. The molecule has 0 fully saturated rings. The Morgan fingerprint density at radius 2 is 1.83 bits per heavy atom. The molecule has 1 aliphatic heterocycles. The van der Waals surface area contributed by atoms with Crippen molar-refractivity contribution in [3.8, 4) is 0 Å². The van der Waals surface area contributed by atoms with Gasteiger partial charge >= 0.3 is 5.97 Å². The number of amides is 2. The summed E-state index contributed by atoms with van der Waals surface area (Å²) in [6.07, 6.45) is 4.20. The van der Waals surface area contributed by atoms with E-state index in [1.54, 1.807) is 13.8 Å². The molecule has 0 aliphatic carbocycles. The number of nitrogens with zero attached hydrogens (tertiary/aromatic N) is 1. The van der Waals surface area contributed by atoms with Crippen molar-refractivity contribution in [3.05, 3.63) is 12.2 Å². The molecule has 0 aromatic carbocycles. The molecule has 1 heterocycles. The van der Waals surface area contributed by atoms with Crippen molar-refractivity contribution in [3.63, 3.8) is 0 Å². The van der Waals surface area contributed by atoms with Gasteiger partial charge in [0.2, 0.25) is 0 Å². The molecule has 1 rings (SSSR count). The predicted octanol–water partition coefficient (Wildman–Crippen LogP) is 1.42. The fourth-order valence-corrected chi connectivity index (χ4v) is 1.78. The molecular formula is C13H19NO4. The van der Waals surface area contributed by atoms with Gasteiger partial charge in [0.25, 0.3) is 11.8 Å². The van der Waals surface area contributed by atoms with E-state index in [2.05, 4.69) is 0 Å². The molecule has 2 amide bonds. The Balaban J connectivity index is 2.80. The molecule has 1 aliphatic rings. The predicted molar refractivity (Wildman–Crippen MR) is 65.5 cm³/mol. The van der Waals surface area contributed by atoms with Gasteiger partial charge in [0.15, 0.2) is 0 Å². The van der Waals surface area contributed by atoms with Gasteiger partial charge in [-0.1, -0.05) is 19.8 Å². The van der Waals surface area contributed by atoms with Gasteiger partial charge in [-0.05, 0) is 20.3 Å². The number of rotatable bonds is 6. The third-order valence-electron chi connectivity index (χ3n) is 2.61. The second-order valence-corrected chi connectivity index (χ2v) is 4.52. The SMILES string of the molecule is CCCCC(C(=O)OC(C)C)N1C(=O)C=CC1=O. The maximum absolute atomic E-state index is 11.9. The molecule has 0 saturated carbocycles. The van der Waals surface area contributed by atoms with E-state index >= 15 is 0 Å². The van der Waals surface area contributed by atoms with E-state index in [9.17, 15) is 14.4 Å². The number of imide groups is 1. The minimum atomic E-state index is -0.803. The fraction of sp³-hybridized carbons (Fsp3) is 0.615. The molecule has 5 nitrogen and oxygen atoms in total. The van der Waals surface area contributed by atoms with Crippen molar-refractivity contribution in [2.75, 3.05) is 0 Å². The monoisotopic (exact) mass is 253 g/mol. The number of hydrogen-bond acceptors (Lipinski definition) is 4. The lowest BCUT2D eigenvalue weighted by Gasteiger charge is -2.25. The van der Waals surface area contributed by atoms with Crippen LogP contribution in [-0.4, -0.2) is 34.8 Å². The summed E-state index contributed by atoms with van der Waals surface area (Å²) in [7, 11) is 0. The summed E-state index contributed by atoms with van der Waals surface area (Å²) in [6, 6.07) is -0.803. The van der Waals surface area contributed by atoms with Gasteiger partial charge in [0.05, 0.1) is 6.10 Å². The lowest BCUT2D eigenvalue weighted by atomic mass is 10.1. The lowest BCUT2D eigenvalue weighted by molar-refractivity contribution is -0.160. The van der Waals surface area contributed by atoms with Crippen molar-refractivity contribution >= 4 is 17.8 Å². The summed E-state index contributed by atoms with van der Waals surface area (Å²) in [4.78, 5) is 36.1. The summed E-state index contributed by atoms with van der Waals surface area (Å²) in [5, 5.41) is 0. The number of hydrogen-bond donors (Lipinski definition) is 0. The molecule has 0 aromatic rings. The van der Waals surface area contributed by atoms with Crippen LogP contribution in [0.5, 0.6) is 0 Å². The summed E-state index contributed by atoms with van der Waals surface area (Å²) >= 11 is 0. The summed E-state index contributed by atoms with van der Waals surface area (Å²) < 4.78 is 5.11. The topological polar surface area (TPSA) is 63.7 Å². The maximum Gasteiger partial charge on any atom is 0.329 e. The van der Waals surface area contributed by atoms with Gasteiger partial charge in [-0.25, -0.2) is 4.79 Å². The first kappa shape index (κ1) is 14.4. The van der Waals surface area contributed by atoms with Crippen LogP contribution in [0.2, 0.25) is 0 Å². The number of unbranched alkanes of at least 4 members (excludes halogenated alkanes) is 1. The smallest absolute Gasteiger partial charge is 0.329 e. The Morgan fingerprint density at radius 3 is 2.28 bits per heavy atom. The molecule has 0 bridgehead atoms. The van der Waals surface area contributed by atoms with E-state index in [0.717, 1.165) is 17.7 Å². The Bertz CT molecular complexity index is 355. The molecule has 0 spiro atoms. The van der Waals surface area contributed by atoms with E-state index < -0.39 is 23.8 Å². The van der Waals surface area contributed by atoms with Crippen LogP contribution in [0.4, 0.5) is 0 Å². The summed E-state index contributed by atoms with van der Waals surface area (Å²) in [6.45, 7) is 5.46. The van der Waals surface area contributed by atoms with Crippen LogP contribution in [0.15, 0.2) is 12.2 Å². The van der Waals surface area contributed by atoms with Crippen LogP contribution in [0, 0.1) is 0 Å².